The molecule has 16 heavy (non-hydrogen) atoms. The largest absolute Gasteiger partial charge is 0.343 e. The van der Waals surface area contributed by atoms with Crippen LogP contribution in [0.1, 0.15) is 33.6 Å². The number of nitrogens with zero attached hydrogens (tertiary/aromatic N) is 2. The Labute approximate surface area is 98.6 Å². The van der Waals surface area contributed by atoms with Gasteiger partial charge in [0.1, 0.15) is 5.78 Å². The molecule has 0 aliphatic heterocycles. The van der Waals surface area contributed by atoms with E-state index >= 15 is 0 Å². The van der Waals surface area contributed by atoms with Crippen LogP contribution in [0.5, 0.6) is 0 Å². The van der Waals surface area contributed by atoms with Crippen molar-refractivity contribution in [3.05, 3.63) is 10.5 Å². The molecule has 0 aliphatic rings. The second-order valence-electron chi connectivity index (χ2n) is 3.54. The standard InChI is InChI=1S/C10H17N3O2S/c1-4-6-13-9(15)11-12-10(13)16-7(3)8(14)5-2/h7H,4-6H2,1-3H3,(H,11,15). The van der Waals surface area contributed by atoms with Gasteiger partial charge in [0, 0.05) is 13.0 Å². The summed E-state index contributed by atoms with van der Waals surface area (Å²) in [6.07, 6.45) is 1.37. The molecule has 1 N–H and O–H groups in total. The number of nitrogens with one attached hydrogen (secondary N) is 1. The first-order valence-electron chi connectivity index (χ1n) is 5.44. The molecule has 0 radical (unpaired) electrons. The van der Waals surface area contributed by atoms with E-state index in [1.807, 2.05) is 20.8 Å². The van der Waals surface area contributed by atoms with Crippen molar-refractivity contribution >= 4 is 17.5 Å². The van der Waals surface area contributed by atoms with Gasteiger partial charge in [-0.05, 0) is 13.3 Å². The monoisotopic (exact) mass is 243 g/mol. The molecule has 0 fully saturated rings. The lowest BCUT2D eigenvalue weighted by Gasteiger charge is -2.08. The van der Waals surface area contributed by atoms with E-state index in [9.17, 15) is 9.59 Å². The molecule has 1 aromatic rings. The SMILES string of the molecule is CCCn1c(SC(C)C(=O)CC)n[nH]c1=O. The fourth-order valence-corrected chi connectivity index (χ4v) is 2.34. The molecule has 0 aliphatic carbocycles. The molecule has 0 saturated carbocycles. The molecule has 0 spiro atoms. The lowest BCUT2D eigenvalue weighted by atomic mass is 10.2. The molecule has 1 rings (SSSR count). The summed E-state index contributed by atoms with van der Waals surface area (Å²) in [5.41, 5.74) is -0.208. The Bertz CT molecular complexity index is 410. The lowest BCUT2D eigenvalue weighted by Crippen LogP contribution is -2.19. The highest BCUT2D eigenvalue weighted by molar-refractivity contribution is 8.00. The number of aromatic amines is 1. The van der Waals surface area contributed by atoms with Crippen molar-refractivity contribution in [3.63, 3.8) is 0 Å². The normalized spacial score (nSPS) is 12.7. The van der Waals surface area contributed by atoms with Gasteiger partial charge in [-0.1, -0.05) is 25.6 Å². The Morgan fingerprint density at radius 1 is 1.56 bits per heavy atom. The summed E-state index contributed by atoms with van der Waals surface area (Å²) in [5.74, 6) is 0.170. The average Bonchev–Trinajstić information content (AvgIpc) is 2.61. The van der Waals surface area contributed by atoms with Crippen LogP contribution in [-0.2, 0) is 11.3 Å². The Hall–Kier alpha value is -1.04. The van der Waals surface area contributed by atoms with Gasteiger partial charge < -0.3 is 0 Å². The minimum Gasteiger partial charge on any atom is -0.298 e. The minimum absolute atomic E-state index is 0.157. The summed E-state index contributed by atoms with van der Waals surface area (Å²) in [6, 6.07) is 0. The van der Waals surface area contributed by atoms with Crippen molar-refractivity contribution in [1.29, 1.82) is 0 Å². The zero-order valence-electron chi connectivity index (χ0n) is 9.82. The van der Waals surface area contributed by atoms with Gasteiger partial charge >= 0.3 is 5.69 Å². The molecule has 1 atom stereocenters. The summed E-state index contributed by atoms with van der Waals surface area (Å²) in [4.78, 5) is 22.8. The predicted molar refractivity (Wildman–Crippen MR) is 63.8 cm³/mol. The topological polar surface area (TPSA) is 67.8 Å². The predicted octanol–water partition coefficient (Wildman–Crippen LogP) is 1.44. The smallest absolute Gasteiger partial charge is 0.298 e. The van der Waals surface area contributed by atoms with Crippen LogP contribution in [0.15, 0.2) is 9.95 Å². The van der Waals surface area contributed by atoms with Gasteiger partial charge in [-0.2, -0.15) is 0 Å². The van der Waals surface area contributed by atoms with E-state index in [4.69, 9.17) is 0 Å². The first kappa shape index (κ1) is 13.0. The third-order valence-electron chi connectivity index (χ3n) is 2.25. The zero-order valence-corrected chi connectivity index (χ0v) is 10.6. The summed E-state index contributed by atoms with van der Waals surface area (Å²) >= 11 is 1.33. The summed E-state index contributed by atoms with van der Waals surface area (Å²) < 4.78 is 1.57. The fourth-order valence-electron chi connectivity index (χ4n) is 1.33. The zero-order chi connectivity index (χ0) is 12.1. The van der Waals surface area contributed by atoms with Crippen molar-refractivity contribution < 1.29 is 4.79 Å². The Balaban J connectivity index is 2.81. The maximum absolute atomic E-state index is 11.4. The van der Waals surface area contributed by atoms with Crippen molar-refractivity contribution in [2.75, 3.05) is 0 Å². The number of carbonyl (C=O) groups excluding carboxylic acids is 1. The second kappa shape index (κ2) is 5.89. The summed E-state index contributed by atoms with van der Waals surface area (Å²) in [5, 5.41) is 6.78. The van der Waals surface area contributed by atoms with Crippen LogP contribution in [0.2, 0.25) is 0 Å². The minimum atomic E-state index is -0.208. The molecule has 6 heteroatoms. The number of H-pyrrole nitrogens is 1. The van der Waals surface area contributed by atoms with Gasteiger partial charge in [-0.25, -0.2) is 9.89 Å². The average molecular weight is 243 g/mol. The Kier molecular flexibility index (Phi) is 4.79. The van der Waals surface area contributed by atoms with Gasteiger partial charge in [0.2, 0.25) is 0 Å². The number of thioether (sulfide) groups is 1. The van der Waals surface area contributed by atoms with Gasteiger partial charge in [0.15, 0.2) is 5.16 Å². The molecule has 0 saturated heterocycles. The quantitative estimate of drug-likeness (QED) is 0.768. The van der Waals surface area contributed by atoms with Gasteiger partial charge in [0.25, 0.3) is 0 Å². The maximum Gasteiger partial charge on any atom is 0.343 e. The molecule has 5 nitrogen and oxygen atoms in total. The van der Waals surface area contributed by atoms with Crippen LogP contribution < -0.4 is 5.69 Å². The van der Waals surface area contributed by atoms with Gasteiger partial charge in [-0.3, -0.25) is 9.36 Å². The highest BCUT2D eigenvalue weighted by atomic mass is 32.2. The van der Waals surface area contributed by atoms with Crippen LogP contribution in [0.4, 0.5) is 0 Å². The highest BCUT2D eigenvalue weighted by Gasteiger charge is 2.16. The molecule has 0 amide bonds. The molecule has 1 unspecified atom stereocenters. The molecule has 90 valence electrons. The van der Waals surface area contributed by atoms with E-state index in [0.29, 0.717) is 18.1 Å². The third-order valence-corrected chi connectivity index (χ3v) is 3.39. The fraction of sp³-hybridized carbons (Fsp3) is 0.700. The number of rotatable bonds is 6. The number of Topliss-reactive ketones (excluding diaryl/α,β-unsaturated/α-hetero) is 1. The van der Waals surface area contributed by atoms with Crippen LogP contribution in [0.3, 0.4) is 0 Å². The molecule has 1 aromatic heterocycles. The molecular weight excluding hydrogens is 226 g/mol. The van der Waals surface area contributed by atoms with Crippen LogP contribution in [0.25, 0.3) is 0 Å². The third kappa shape index (κ3) is 2.98. The molecule has 0 bridgehead atoms. The van der Waals surface area contributed by atoms with E-state index in [-0.39, 0.29) is 16.7 Å². The van der Waals surface area contributed by atoms with Gasteiger partial charge in [0.05, 0.1) is 5.25 Å². The lowest BCUT2D eigenvalue weighted by molar-refractivity contribution is -0.118. The molecular formula is C10H17N3O2S. The Morgan fingerprint density at radius 2 is 2.25 bits per heavy atom. The number of carbonyl (C=O) groups is 1. The highest BCUT2D eigenvalue weighted by Crippen LogP contribution is 2.21. The van der Waals surface area contributed by atoms with Crippen molar-refractivity contribution in [2.45, 2.75) is 50.6 Å². The maximum atomic E-state index is 11.4. The van der Waals surface area contributed by atoms with Crippen LogP contribution >= 0.6 is 11.8 Å². The number of aromatic nitrogens is 3. The second-order valence-corrected chi connectivity index (χ2v) is 4.85. The number of hydrogen-bond acceptors (Lipinski definition) is 4. The van der Waals surface area contributed by atoms with E-state index in [1.54, 1.807) is 4.57 Å². The van der Waals surface area contributed by atoms with Crippen LogP contribution in [0, 0.1) is 0 Å². The molecule has 1 heterocycles. The molecule has 0 aromatic carbocycles. The van der Waals surface area contributed by atoms with Crippen molar-refractivity contribution in [1.82, 2.24) is 14.8 Å². The van der Waals surface area contributed by atoms with Crippen molar-refractivity contribution in [2.24, 2.45) is 0 Å². The number of hydrogen-bond donors (Lipinski definition) is 1. The van der Waals surface area contributed by atoms with Crippen molar-refractivity contribution in [3.8, 4) is 0 Å². The number of ketones is 1. The summed E-state index contributed by atoms with van der Waals surface area (Å²) in [7, 11) is 0. The first-order chi connectivity index (χ1) is 7.60. The van der Waals surface area contributed by atoms with E-state index < -0.39 is 0 Å². The van der Waals surface area contributed by atoms with E-state index in [1.165, 1.54) is 11.8 Å². The van der Waals surface area contributed by atoms with E-state index in [2.05, 4.69) is 10.2 Å². The van der Waals surface area contributed by atoms with Gasteiger partial charge in [-0.15, -0.1) is 5.10 Å². The Morgan fingerprint density at radius 3 is 2.81 bits per heavy atom. The first-order valence-corrected chi connectivity index (χ1v) is 6.32. The van der Waals surface area contributed by atoms with E-state index in [0.717, 1.165) is 6.42 Å². The summed E-state index contributed by atoms with van der Waals surface area (Å²) in [6.45, 7) is 6.30. The van der Waals surface area contributed by atoms with Crippen LogP contribution in [-0.4, -0.2) is 25.8 Å².